The zero-order chi connectivity index (χ0) is 15.4. The van der Waals surface area contributed by atoms with E-state index in [1.54, 1.807) is 12.1 Å². The summed E-state index contributed by atoms with van der Waals surface area (Å²) in [5, 5.41) is 3.80. The fourth-order valence-corrected chi connectivity index (χ4v) is 2.11. The van der Waals surface area contributed by atoms with E-state index in [9.17, 15) is 4.79 Å². The van der Waals surface area contributed by atoms with E-state index in [0.29, 0.717) is 26.6 Å². The van der Waals surface area contributed by atoms with Crippen LogP contribution in [0.3, 0.4) is 0 Å². The van der Waals surface area contributed by atoms with Crippen LogP contribution in [0.1, 0.15) is 0 Å². The van der Waals surface area contributed by atoms with Crippen LogP contribution in [0, 0.1) is 0 Å². The number of carbonyl (C=O) groups is 1. The third kappa shape index (κ3) is 4.64. The van der Waals surface area contributed by atoms with Crippen molar-refractivity contribution in [3.8, 4) is 5.75 Å². The molecule has 0 spiro atoms. The van der Waals surface area contributed by atoms with Crippen molar-refractivity contribution in [2.75, 3.05) is 11.9 Å². The number of ether oxygens (including phenoxy) is 1. The maximum atomic E-state index is 11.8. The quantitative estimate of drug-likeness (QED) is 0.630. The SMILES string of the molecule is O=C(COc1ccc(Cl)nc1)Nc1cc(Cl)c(Cl)cc1Cl. The van der Waals surface area contributed by atoms with Gasteiger partial charge in [0, 0.05) is 0 Å². The Balaban J connectivity index is 1.96. The number of aromatic nitrogens is 1. The van der Waals surface area contributed by atoms with Gasteiger partial charge < -0.3 is 10.1 Å². The van der Waals surface area contributed by atoms with Crippen molar-refractivity contribution in [3.63, 3.8) is 0 Å². The molecule has 110 valence electrons. The lowest BCUT2D eigenvalue weighted by Gasteiger charge is -2.09. The Morgan fingerprint density at radius 3 is 2.48 bits per heavy atom. The summed E-state index contributed by atoms with van der Waals surface area (Å²) in [7, 11) is 0. The lowest BCUT2D eigenvalue weighted by Crippen LogP contribution is -2.20. The molecule has 0 unspecified atom stereocenters. The van der Waals surface area contributed by atoms with Crippen LogP contribution in [0.2, 0.25) is 20.2 Å². The van der Waals surface area contributed by atoms with E-state index < -0.39 is 5.91 Å². The van der Waals surface area contributed by atoms with Gasteiger partial charge in [0.2, 0.25) is 0 Å². The predicted octanol–water partition coefficient (Wildman–Crippen LogP) is 4.71. The molecular formula is C13H8Cl4N2O2. The summed E-state index contributed by atoms with van der Waals surface area (Å²) in [5.41, 5.74) is 0.355. The maximum Gasteiger partial charge on any atom is 0.262 e. The molecule has 1 N–H and O–H groups in total. The third-order valence-electron chi connectivity index (χ3n) is 2.35. The standard InChI is InChI=1S/C13H8Cl4N2O2/c14-8-3-10(16)11(4-9(8)15)19-13(20)6-21-7-1-2-12(17)18-5-7/h1-5H,6H2,(H,19,20). The lowest BCUT2D eigenvalue weighted by molar-refractivity contribution is -0.118. The van der Waals surface area contributed by atoms with Gasteiger partial charge in [-0.3, -0.25) is 4.79 Å². The number of hydrogen-bond donors (Lipinski definition) is 1. The fraction of sp³-hybridized carbons (Fsp3) is 0.0769. The number of rotatable bonds is 4. The van der Waals surface area contributed by atoms with Crippen molar-refractivity contribution in [2.45, 2.75) is 0 Å². The number of halogens is 4. The average Bonchev–Trinajstić information content (AvgIpc) is 2.44. The van der Waals surface area contributed by atoms with E-state index >= 15 is 0 Å². The zero-order valence-electron chi connectivity index (χ0n) is 10.4. The molecule has 0 fully saturated rings. The van der Waals surface area contributed by atoms with Gasteiger partial charge in [-0.05, 0) is 24.3 Å². The molecule has 4 nitrogen and oxygen atoms in total. The molecule has 8 heteroatoms. The van der Waals surface area contributed by atoms with Crippen LogP contribution < -0.4 is 10.1 Å². The molecular weight excluding hydrogens is 358 g/mol. The van der Waals surface area contributed by atoms with E-state index in [0.717, 1.165) is 0 Å². The van der Waals surface area contributed by atoms with Crippen LogP contribution >= 0.6 is 46.4 Å². The lowest BCUT2D eigenvalue weighted by atomic mass is 10.3. The van der Waals surface area contributed by atoms with Gasteiger partial charge in [-0.2, -0.15) is 0 Å². The Kier molecular flexibility index (Phi) is 5.53. The molecule has 1 aromatic carbocycles. The van der Waals surface area contributed by atoms with Gasteiger partial charge in [-0.25, -0.2) is 4.98 Å². The highest BCUT2D eigenvalue weighted by atomic mass is 35.5. The van der Waals surface area contributed by atoms with Gasteiger partial charge in [0.1, 0.15) is 10.9 Å². The van der Waals surface area contributed by atoms with Crippen molar-refractivity contribution >= 4 is 58.0 Å². The van der Waals surface area contributed by atoms with Crippen LogP contribution in [0.25, 0.3) is 0 Å². The predicted molar refractivity (Wildman–Crippen MR) is 84.8 cm³/mol. The van der Waals surface area contributed by atoms with E-state index in [2.05, 4.69) is 10.3 Å². The number of pyridine rings is 1. The van der Waals surface area contributed by atoms with E-state index in [-0.39, 0.29) is 11.6 Å². The second-order valence-electron chi connectivity index (χ2n) is 3.90. The highest BCUT2D eigenvalue weighted by Crippen LogP contribution is 2.32. The molecule has 1 aromatic heterocycles. The van der Waals surface area contributed by atoms with E-state index in [1.165, 1.54) is 18.3 Å². The Hall–Kier alpha value is -1.20. The first-order valence-corrected chi connectivity index (χ1v) is 7.15. The molecule has 0 aliphatic heterocycles. The van der Waals surface area contributed by atoms with Crippen molar-refractivity contribution in [3.05, 3.63) is 50.7 Å². The van der Waals surface area contributed by atoms with Crippen molar-refractivity contribution in [1.82, 2.24) is 4.98 Å². The first-order valence-electron chi connectivity index (χ1n) is 5.64. The molecule has 0 atom stereocenters. The third-order valence-corrected chi connectivity index (χ3v) is 3.61. The van der Waals surface area contributed by atoms with Crippen LogP contribution in [0.4, 0.5) is 5.69 Å². The molecule has 2 rings (SSSR count). The molecule has 0 bridgehead atoms. The van der Waals surface area contributed by atoms with Crippen molar-refractivity contribution < 1.29 is 9.53 Å². The smallest absolute Gasteiger partial charge is 0.262 e. The minimum atomic E-state index is -0.398. The molecule has 0 aliphatic rings. The number of anilines is 1. The van der Waals surface area contributed by atoms with E-state index in [1.807, 2.05) is 0 Å². The monoisotopic (exact) mass is 364 g/mol. The number of nitrogens with zero attached hydrogens (tertiary/aromatic N) is 1. The first-order chi connectivity index (χ1) is 9.95. The number of nitrogens with one attached hydrogen (secondary N) is 1. The van der Waals surface area contributed by atoms with Crippen molar-refractivity contribution in [1.29, 1.82) is 0 Å². The number of hydrogen-bond acceptors (Lipinski definition) is 3. The Bertz CT molecular complexity index is 662. The Morgan fingerprint density at radius 2 is 1.81 bits per heavy atom. The van der Waals surface area contributed by atoms with Crippen LogP contribution in [-0.2, 0) is 4.79 Å². The Labute approximate surface area is 140 Å². The molecule has 0 radical (unpaired) electrons. The van der Waals surface area contributed by atoms with Crippen LogP contribution in [0.15, 0.2) is 30.5 Å². The van der Waals surface area contributed by atoms with Crippen molar-refractivity contribution in [2.24, 2.45) is 0 Å². The summed E-state index contributed by atoms with van der Waals surface area (Å²) < 4.78 is 5.25. The molecule has 0 aliphatic carbocycles. The molecule has 1 heterocycles. The summed E-state index contributed by atoms with van der Waals surface area (Å²) >= 11 is 23.3. The number of benzene rings is 1. The topological polar surface area (TPSA) is 51.2 Å². The first kappa shape index (κ1) is 16.2. The minimum Gasteiger partial charge on any atom is -0.482 e. The maximum absolute atomic E-state index is 11.8. The summed E-state index contributed by atoms with van der Waals surface area (Å²) in [5.74, 6) is 0.0278. The summed E-state index contributed by atoms with van der Waals surface area (Å²) in [6.07, 6.45) is 1.42. The molecule has 0 saturated carbocycles. The van der Waals surface area contributed by atoms with Gasteiger partial charge in [0.15, 0.2) is 6.61 Å². The normalized spacial score (nSPS) is 10.3. The second-order valence-corrected chi connectivity index (χ2v) is 5.51. The molecule has 1 amide bonds. The molecule has 2 aromatic rings. The summed E-state index contributed by atoms with van der Waals surface area (Å²) in [6.45, 7) is -0.208. The van der Waals surface area contributed by atoms with Gasteiger partial charge in [0.05, 0.1) is 27.0 Å². The fourth-order valence-electron chi connectivity index (χ4n) is 1.40. The van der Waals surface area contributed by atoms with Gasteiger partial charge in [-0.15, -0.1) is 0 Å². The number of carbonyl (C=O) groups excluding carboxylic acids is 1. The number of amides is 1. The van der Waals surface area contributed by atoms with Crippen LogP contribution in [-0.4, -0.2) is 17.5 Å². The van der Waals surface area contributed by atoms with Crippen LogP contribution in [0.5, 0.6) is 5.75 Å². The molecule has 21 heavy (non-hydrogen) atoms. The summed E-state index contributed by atoms with van der Waals surface area (Å²) in [6, 6.07) is 6.08. The van der Waals surface area contributed by atoms with Gasteiger partial charge in [0.25, 0.3) is 5.91 Å². The minimum absolute atomic E-state index is 0.208. The largest absolute Gasteiger partial charge is 0.482 e. The Morgan fingerprint density at radius 1 is 1.10 bits per heavy atom. The molecule has 0 saturated heterocycles. The van der Waals surface area contributed by atoms with E-state index in [4.69, 9.17) is 51.1 Å². The summed E-state index contributed by atoms with van der Waals surface area (Å²) in [4.78, 5) is 15.6. The second kappa shape index (κ2) is 7.18. The highest BCUT2D eigenvalue weighted by molar-refractivity contribution is 6.44. The average molecular weight is 366 g/mol. The highest BCUT2D eigenvalue weighted by Gasteiger charge is 2.10. The van der Waals surface area contributed by atoms with Gasteiger partial charge in [-0.1, -0.05) is 46.4 Å². The zero-order valence-corrected chi connectivity index (χ0v) is 13.4. The van der Waals surface area contributed by atoms with Gasteiger partial charge >= 0.3 is 0 Å².